The zero-order chi connectivity index (χ0) is 27.7. The molecule has 3 amide bonds. The van der Waals surface area contributed by atoms with Gasteiger partial charge in [-0.15, -0.1) is 0 Å². The lowest BCUT2D eigenvalue weighted by atomic mass is 10.1. The highest BCUT2D eigenvalue weighted by Gasteiger charge is 2.29. The monoisotopic (exact) mass is 563 g/mol. The molecule has 0 saturated carbocycles. The largest absolute Gasteiger partial charge is 0.444 e. The Labute approximate surface area is 235 Å². The van der Waals surface area contributed by atoms with Gasteiger partial charge in [0, 0.05) is 54.9 Å². The first-order valence-electron chi connectivity index (χ1n) is 13.0. The highest BCUT2D eigenvalue weighted by Crippen LogP contribution is 2.17. The second-order valence-electron chi connectivity index (χ2n) is 10.7. The van der Waals surface area contributed by atoms with Gasteiger partial charge in [0.1, 0.15) is 5.60 Å². The van der Waals surface area contributed by atoms with Crippen molar-refractivity contribution in [3.05, 3.63) is 69.7 Å². The number of amides is 3. The summed E-state index contributed by atoms with van der Waals surface area (Å²) in [5.41, 5.74) is 7.22. The Balaban J connectivity index is 0.000000215. The van der Waals surface area contributed by atoms with E-state index in [0.29, 0.717) is 24.2 Å². The van der Waals surface area contributed by atoms with Crippen molar-refractivity contribution in [2.75, 3.05) is 26.2 Å². The predicted molar refractivity (Wildman–Crippen MR) is 152 cm³/mol. The fraction of sp³-hybridized carbons (Fsp3) is 0.500. The number of benzene rings is 2. The molecule has 2 fully saturated rings. The van der Waals surface area contributed by atoms with E-state index in [1.54, 1.807) is 9.80 Å². The number of nitrogens with zero attached hydrogens (tertiary/aromatic N) is 2. The van der Waals surface area contributed by atoms with Crippen LogP contribution in [-0.2, 0) is 17.8 Å². The number of nitrogens with two attached hydrogens (primary N) is 1. The van der Waals surface area contributed by atoms with Crippen LogP contribution in [0.25, 0.3) is 0 Å². The van der Waals surface area contributed by atoms with Crippen molar-refractivity contribution in [2.24, 2.45) is 5.73 Å². The van der Waals surface area contributed by atoms with Crippen molar-refractivity contribution >= 4 is 35.3 Å². The van der Waals surface area contributed by atoms with Gasteiger partial charge in [-0.3, -0.25) is 0 Å². The summed E-state index contributed by atoms with van der Waals surface area (Å²) in [5.74, 6) is 0. The maximum atomic E-state index is 12.0. The topological polar surface area (TPSA) is 99.9 Å². The minimum absolute atomic E-state index is 0.197. The molecule has 0 spiro atoms. The Bertz CT molecular complexity index is 1040. The van der Waals surface area contributed by atoms with E-state index in [9.17, 15) is 9.59 Å². The predicted octanol–water partition coefficient (Wildman–Crippen LogP) is 5.02. The van der Waals surface area contributed by atoms with Crippen LogP contribution < -0.4 is 16.4 Å². The number of likely N-dealkylation sites (tertiary alicyclic amines) is 1. The molecule has 2 atom stereocenters. The first kappa shape index (κ1) is 30.0. The third-order valence-corrected chi connectivity index (χ3v) is 6.88. The number of carbonyl (C=O) groups excluding carboxylic acids is 2. The fourth-order valence-corrected chi connectivity index (χ4v) is 4.61. The van der Waals surface area contributed by atoms with Gasteiger partial charge in [0.2, 0.25) is 0 Å². The third kappa shape index (κ3) is 9.98. The lowest BCUT2D eigenvalue weighted by Gasteiger charge is -2.26. The molecule has 10 heteroatoms. The van der Waals surface area contributed by atoms with Crippen LogP contribution >= 0.6 is 23.2 Å². The smallest absolute Gasteiger partial charge is 0.410 e. The Kier molecular flexibility index (Phi) is 11.1. The standard InChI is InChI=1S/C16H23ClN2O2.C12H16ClN3O/c1-16(2,3)21-15(20)19-9-8-14(11-19)18-10-12-4-6-13(17)7-5-12;13-10-3-1-9(2-4-10)8-16(12(14)17)11-5-6-15-7-11/h4-7,14,18H,8-11H2,1-3H3;1-4,11,15H,5-8H2,(H2,14,17)/t14-;11-/m11/s1. The number of nitrogens with one attached hydrogen (secondary N) is 2. The van der Waals surface area contributed by atoms with Crippen molar-refractivity contribution in [2.45, 2.75) is 64.4 Å². The summed E-state index contributed by atoms with van der Waals surface area (Å²) in [6, 6.07) is 15.4. The van der Waals surface area contributed by atoms with Gasteiger partial charge < -0.3 is 30.9 Å². The number of hydrogen-bond donors (Lipinski definition) is 3. The van der Waals surface area contributed by atoms with Gasteiger partial charge in [0.05, 0.1) is 0 Å². The Morgan fingerprint density at radius 2 is 1.66 bits per heavy atom. The number of rotatable bonds is 6. The SMILES string of the molecule is CC(C)(C)OC(=O)N1CC[C@@H](NCc2ccc(Cl)cc2)C1.NC(=O)N(Cc1ccc(Cl)cc1)[C@@H]1CCNC1. The summed E-state index contributed by atoms with van der Waals surface area (Å²) in [6.45, 7) is 10.2. The minimum Gasteiger partial charge on any atom is -0.444 e. The zero-order valence-electron chi connectivity index (χ0n) is 22.4. The molecule has 38 heavy (non-hydrogen) atoms. The second-order valence-corrected chi connectivity index (χ2v) is 11.5. The quantitative estimate of drug-likeness (QED) is 0.458. The number of carbonyl (C=O) groups is 2. The van der Waals surface area contributed by atoms with Gasteiger partial charge in [0.15, 0.2) is 0 Å². The molecule has 4 rings (SSSR count). The van der Waals surface area contributed by atoms with Crippen LogP contribution in [-0.4, -0.2) is 65.8 Å². The molecular formula is C28H39Cl2N5O3. The van der Waals surface area contributed by atoms with E-state index in [1.165, 1.54) is 5.56 Å². The molecule has 4 N–H and O–H groups in total. The average molecular weight is 565 g/mol. The fourth-order valence-electron chi connectivity index (χ4n) is 4.36. The average Bonchev–Trinajstić information content (AvgIpc) is 3.55. The van der Waals surface area contributed by atoms with E-state index < -0.39 is 5.60 Å². The lowest BCUT2D eigenvalue weighted by Crippen LogP contribution is -2.44. The number of hydrogen-bond acceptors (Lipinski definition) is 5. The van der Waals surface area contributed by atoms with Crippen molar-refractivity contribution in [3.63, 3.8) is 0 Å². The normalized spacial score (nSPS) is 19.0. The van der Waals surface area contributed by atoms with Crippen molar-refractivity contribution in [1.29, 1.82) is 0 Å². The molecule has 2 saturated heterocycles. The number of urea groups is 1. The Hall–Kier alpha value is -2.52. The van der Waals surface area contributed by atoms with Crippen LogP contribution in [0.15, 0.2) is 48.5 Å². The molecule has 0 bridgehead atoms. The van der Waals surface area contributed by atoms with Gasteiger partial charge in [-0.1, -0.05) is 47.5 Å². The molecule has 0 aromatic heterocycles. The number of ether oxygens (including phenoxy) is 1. The summed E-state index contributed by atoms with van der Waals surface area (Å²) in [5, 5.41) is 8.15. The van der Waals surface area contributed by atoms with Gasteiger partial charge in [0.25, 0.3) is 0 Å². The Morgan fingerprint density at radius 3 is 2.18 bits per heavy atom. The highest BCUT2D eigenvalue weighted by molar-refractivity contribution is 6.30. The van der Waals surface area contributed by atoms with Crippen LogP contribution in [0.2, 0.25) is 10.0 Å². The molecule has 0 radical (unpaired) electrons. The van der Waals surface area contributed by atoms with Crippen molar-refractivity contribution in [3.8, 4) is 0 Å². The Morgan fingerprint density at radius 1 is 1.05 bits per heavy atom. The molecule has 8 nitrogen and oxygen atoms in total. The van der Waals surface area contributed by atoms with Crippen molar-refractivity contribution < 1.29 is 14.3 Å². The van der Waals surface area contributed by atoms with E-state index in [0.717, 1.165) is 49.6 Å². The van der Waals surface area contributed by atoms with Crippen molar-refractivity contribution in [1.82, 2.24) is 20.4 Å². The van der Waals surface area contributed by atoms with Gasteiger partial charge >= 0.3 is 12.1 Å². The highest BCUT2D eigenvalue weighted by atomic mass is 35.5. The third-order valence-electron chi connectivity index (χ3n) is 6.37. The molecule has 0 unspecified atom stereocenters. The second kappa shape index (κ2) is 14.0. The molecule has 2 aromatic rings. The van der Waals surface area contributed by atoms with Crippen LogP contribution in [0.4, 0.5) is 9.59 Å². The zero-order valence-corrected chi connectivity index (χ0v) is 23.9. The molecule has 208 valence electrons. The molecule has 2 aliphatic heterocycles. The summed E-state index contributed by atoms with van der Waals surface area (Å²) >= 11 is 11.7. The molecule has 2 aliphatic rings. The molecule has 2 aromatic carbocycles. The summed E-state index contributed by atoms with van der Waals surface area (Å²) in [7, 11) is 0. The maximum Gasteiger partial charge on any atom is 0.410 e. The summed E-state index contributed by atoms with van der Waals surface area (Å²) in [4.78, 5) is 26.9. The number of primary amides is 1. The van der Waals surface area contributed by atoms with Crippen LogP contribution in [0.1, 0.15) is 44.7 Å². The van der Waals surface area contributed by atoms with Crippen LogP contribution in [0.3, 0.4) is 0 Å². The summed E-state index contributed by atoms with van der Waals surface area (Å²) in [6.07, 6.45) is 1.68. The van der Waals surface area contributed by atoms with Gasteiger partial charge in [-0.25, -0.2) is 9.59 Å². The van der Waals surface area contributed by atoms with Crippen LogP contribution in [0, 0.1) is 0 Å². The molecular weight excluding hydrogens is 525 g/mol. The van der Waals surface area contributed by atoms with E-state index >= 15 is 0 Å². The lowest BCUT2D eigenvalue weighted by molar-refractivity contribution is 0.0291. The first-order valence-corrected chi connectivity index (χ1v) is 13.7. The summed E-state index contributed by atoms with van der Waals surface area (Å²) < 4.78 is 5.39. The van der Waals surface area contributed by atoms with E-state index in [-0.39, 0.29) is 18.2 Å². The van der Waals surface area contributed by atoms with Crippen LogP contribution in [0.5, 0.6) is 0 Å². The van der Waals surface area contributed by atoms with E-state index in [1.807, 2.05) is 69.3 Å². The van der Waals surface area contributed by atoms with E-state index in [4.69, 9.17) is 33.7 Å². The maximum absolute atomic E-state index is 12.0. The molecule has 2 heterocycles. The minimum atomic E-state index is -0.439. The van der Waals surface area contributed by atoms with E-state index in [2.05, 4.69) is 10.6 Å². The number of halogens is 2. The first-order chi connectivity index (χ1) is 18.0. The van der Waals surface area contributed by atoms with Gasteiger partial charge in [-0.05, 0) is 75.5 Å². The van der Waals surface area contributed by atoms with Gasteiger partial charge in [-0.2, -0.15) is 0 Å². The molecule has 0 aliphatic carbocycles.